The second kappa shape index (κ2) is 15.1. The summed E-state index contributed by atoms with van der Waals surface area (Å²) >= 11 is 0. The van der Waals surface area contributed by atoms with E-state index < -0.39 is 20.2 Å². The highest BCUT2D eigenvalue weighted by molar-refractivity contribution is 7.86. The third-order valence-corrected chi connectivity index (χ3v) is 3.22. The van der Waals surface area contributed by atoms with E-state index in [1.54, 1.807) is 0 Å². The van der Waals surface area contributed by atoms with E-state index in [0.717, 1.165) is 12.8 Å². The van der Waals surface area contributed by atoms with Crippen molar-refractivity contribution < 1.29 is 36.2 Å². The predicted molar refractivity (Wildman–Crippen MR) is 76.8 cm³/mol. The van der Waals surface area contributed by atoms with Crippen molar-refractivity contribution in [2.45, 2.75) is 39.5 Å². The second-order valence-corrected chi connectivity index (χ2v) is 6.87. The van der Waals surface area contributed by atoms with E-state index in [2.05, 4.69) is 0 Å². The van der Waals surface area contributed by atoms with Crippen LogP contribution in [0.25, 0.3) is 0 Å². The van der Waals surface area contributed by atoms with Crippen molar-refractivity contribution in [2.75, 3.05) is 24.7 Å². The van der Waals surface area contributed by atoms with Crippen molar-refractivity contribution in [1.29, 1.82) is 0 Å². The van der Waals surface area contributed by atoms with Gasteiger partial charge >= 0.3 is 0 Å². The fourth-order valence-electron chi connectivity index (χ4n) is 0.653. The molecular weight excluding hydrogens is 312 g/mol. The van der Waals surface area contributed by atoms with Crippen molar-refractivity contribution in [3.63, 3.8) is 0 Å². The van der Waals surface area contributed by atoms with Crippen molar-refractivity contribution in [3.05, 3.63) is 0 Å². The molecule has 0 aliphatic rings. The third kappa shape index (κ3) is 43.1. The maximum atomic E-state index is 9.95. The van der Waals surface area contributed by atoms with Crippen LogP contribution in [0.5, 0.6) is 0 Å². The Labute approximate surface area is 121 Å². The van der Waals surface area contributed by atoms with Gasteiger partial charge in [-0.2, -0.15) is 16.8 Å². The third-order valence-electron chi connectivity index (χ3n) is 1.61. The number of unbranched alkanes of at least 4 members (excludes halogenated alkanes) is 2. The first-order chi connectivity index (χ1) is 9.04. The van der Waals surface area contributed by atoms with Gasteiger partial charge in [-0.05, 0) is 12.8 Å². The summed E-state index contributed by atoms with van der Waals surface area (Å²) in [5.41, 5.74) is 0. The smallest absolute Gasteiger partial charge is 0.264 e. The summed E-state index contributed by atoms with van der Waals surface area (Å²) in [5.74, 6) is -0.215. The number of aliphatic hydroxyl groups excluding tert-OH is 2. The molecule has 0 rings (SSSR count). The predicted octanol–water partition coefficient (Wildman–Crippen LogP) is 0.320. The van der Waals surface area contributed by atoms with Crippen molar-refractivity contribution in [3.8, 4) is 0 Å². The lowest BCUT2D eigenvalue weighted by Crippen LogP contribution is -2.02. The second-order valence-electron chi connectivity index (χ2n) is 3.73. The maximum absolute atomic E-state index is 9.95. The fourth-order valence-corrected chi connectivity index (χ4v) is 1.96. The van der Waals surface area contributed by atoms with Crippen molar-refractivity contribution in [2.24, 2.45) is 0 Å². The van der Waals surface area contributed by atoms with Gasteiger partial charge in [0, 0.05) is 0 Å². The summed E-state index contributed by atoms with van der Waals surface area (Å²) in [6.45, 7) is 3.48. The topological polar surface area (TPSA) is 149 Å². The number of rotatable bonds is 7. The Kier molecular flexibility index (Phi) is 18.7. The highest BCUT2D eigenvalue weighted by atomic mass is 32.2. The minimum atomic E-state index is -3.69. The van der Waals surface area contributed by atoms with Crippen LogP contribution in [0, 0.1) is 0 Å². The average molecular weight is 338 g/mol. The van der Waals surface area contributed by atoms with Crippen LogP contribution in [0.15, 0.2) is 0 Å². The van der Waals surface area contributed by atoms with E-state index >= 15 is 0 Å². The summed E-state index contributed by atoms with van der Waals surface area (Å²) in [4.78, 5) is 0. The molecule has 0 spiro atoms. The minimum absolute atomic E-state index is 0.108. The molecule has 8 nitrogen and oxygen atoms in total. The van der Waals surface area contributed by atoms with Crippen LogP contribution in [0.3, 0.4) is 0 Å². The molecule has 0 aromatic carbocycles. The largest absolute Gasteiger partial charge is 0.394 e. The molecule has 0 amide bonds. The molecule has 10 heteroatoms. The summed E-state index contributed by atoms with van der Waals surface area (Å²) < 4.78 is 56.0. The van der Waals surface area contributed by atoms with Crippen molar-refractivity contribution in [1.82, 2.24) is 0 Å². The molecule has 126 valence electrons. The Morgan fingerprint density at radius 3 is 1.00 bits per heavy atom. The highest BCUT2D eigenvalue weighted by Gasteiger charge is 2.00. The standard InChI is InChI=1S/2C4H10O3S.C2H6O2/c2*1-2-3-4-8(5,6)7;3-1-2-4/h2*2-4H2,1H3,(H,5,6,7);3-4H,1-2H2. The molecule has 0 saturated heterocycles. The molecule has 0 atom stereocenters. The van der Waals surface area contributed by atoms with Gasteiger partial charge in [0.1, 0.15) is 0 Å². The van der Waals surface area contributed by atoms with E-state index in [4.69, 9.17) is 19.3 Å². The maximum Gasteiger partial charge on any atom is 0.264 e. The fraction of sp³-hybridized carbons (Fsp3) is 1.00. The molecule has 0 radical (unpaired) electrons. The van der Waals surface area contributed by atoms with Crippen LogP contribution in [0.4, 0.5) is 0 Å². The van der Waals surface area contributed by atoms with Gasteiger partial charge in [0.2, 0.25) is 0 Å². The normalized spacial score (nSPS) is 10.9. The zero-order chi connectivity index (χ0) is 16.7. The van der Waals surface area contributed by atoms with E-state index in [-0.39, 0.29) is 24.7 Å². The SMILES string of the molecule is CCCCS(=O)(=O)O.CCCCS(=O)(=O)O.OCCO. The minimum Gasteiger partial charge on any atom is -0.394 e. The van der Waals surface area contributed by atoms with E-state index in [1.807, 2.05) is 13.8 Å². The Morgan fingerprint density at radius 1 is 0.700 bits per heavy atom. The number of hydrogen-bond donors (Lipinski definition) is 4. The molecular formula is C10H26O8S2. The van der Waals surface area contributed by atoms with Crippen LogP contribution in [0.2, 0.25) is 0 Å². The molecule has 0 aromatic rings. The van der Waals surface area contributed by atoms with Crippen LogP contribution in [-0.2, 0) is 20.2 Å². The first-order valence-corrected chi connectivity index (χ1v) is 9.37. The molecule has 0 saturated carbocycles. The Bertz CT molecular complexity index is 336. The summed E-state index contributed by atoms with van der Waals surface area (Å²) in [6.07, 6.45) is 2.66. The van der Waals surface area contributed by atoms with Gasteiger partial charge in [0.05, 0.1) is 24.7 Å². The summed E-state index contributed by atoms with van der Waals surface area (Å²) in [6, 6.07) is 0. The Balaban J connectivity index is -0.000000230. The van der Waals surface area contributed by atoms with Crippen LogP contribution < -0.4 is 0 Å². The van der Waals surface area contributed by atoms with Crippen LogP contribution in [-0.4, -0.2) is 60.9 Å². The first kappa shape index (κ1) is 24.7. The summed E-state index contributed by atoms with van der Waals surface area (Å²) in [5, 5.41) is 15.2. The molecule has 0 fully saturated rings. The van der Waals surface area contributed by atoms with E-state index in [9.17, 15) is 16.8 Å². The lowest BCUT2D eigenvalue weighted by Gasteiger charge is -1.90. The molecule has 4 N–H and O–H groups in total. The molecule has 0 heterocycles. The zero-order valence-electron chi connectivity index (χ0n) is 11.9. The van der Waals surface area contributed by atoms with Crippen LogP contribution >= 0.6 is 0 Å². The van der Waals surface area contributed by atoms with Gasteiger partial charge in [0.15, 0.2) is 0 Å². The first-order valence-electron chi connectivity index (χ1n) is 6.16. The van der Waals surface area contributed by atoms with Crippen molar-refractivity contribution >= 4 is 20.2 Å². The lowest BCUT2D eigenvalue weighted by atomic mass is 10.4. The highest BCUT2D eigenvalue weighted by Crippen LogP contribution is 1.91. The van der Waals surface area contributed by atoms with Gasteiger partial charge < -0.3 is 10.2 Å². The van der Waals surface area contributed by atoms with Gasteiger partial charge in [-0.15, -0.1) is 0 Å². The van der Waals surface area contributed by atoms with E-state index in [1.165, 1.54) is 0 Å². The quantitative estimate of drug-likeness (QED) is 0.485. The monoisotopic (exact) mass is 338 g/mol. The molecule has 0 aliphatic carbocycles. The molecule has 0 aliphatic heterocycles. The molecule has 0 bridgehead atoms. The average Bonchev–Trinajstić information content (AvgIpc) is 2.33. The van der Waals surface area contributed by atoms with Gasteiger partial charge in [-0.3, -0.25) is 9.11 Å². The van der Waals surface area contributed by atoms with E-state index in [0.29, 0.717) is 12.8 Å². The van der Waals surface area contributed by atoms with Gasteiger partial charge in [-0.1, -0.05) is 26.7 Å². The Hall–Kier alpha value is -0.260. The lowest BCUT2D eigenvalue weighted by molar-refractivity contribution is 0.186. The number of aliphatic hydroxyl groups is 2. The van der Waals surface area contributed by atoms with Crippen LogP contribution in [0.1, 0.15) is 39.5 Å². The molecule has 20 heavy (non-hydrogen) atoms. The van der Waals surface area contributed by atoms with Gasteiger partial charge in [-0.25, -0.2) is 0 Å². The van der Waals surface area contributed by atoms with Gasteiger partial charge in [0.25, 0.3) is 20.2 Å². The number of hydrogen-bond acceptors (Lipinski definition) is 6. The molecule has 0 aromatic heterocycles. The Morgan fingerprint density at radius 2 is 0.950 bits per heavy atom. The zero-order valence-corrected chi connectivity index (χ0v) is 13.5. The summed E-state index contributed by atoms with van der Waals surface area (Å²) in [7, 11) is -7.37. The molecule has 0 unspecified atom stereocenters.